The SMILES string of the molecule is O=C(Nc1ccc(-c2ccccc2)c(-c2nn[nH]n2)c1)OCc1cc2cc(-c3ccccc3)ccc2o1. The minimum absolute atomic E-state index is 0.000974. The minimum Gasteiger partial charge on any atom is -0.457 e. The molecule has 0 spiro atoms. The Morgan fingerprint density at radius 1 is 0.811 bits per heavy atom. The van der Waals surface area contributed by atoms with Gasteiger partial charge in [-0.2, -0.15) is 5.21 Å². The number of amides is 1. The van der Waals surface area contributed by atoms with Crippen LogP contribution in [0.4, 0.5) is 10.5 Å². The average molecular weight is 488 g/mol. The lowest BCUT2D eigenvalue weighted by Crippen LogP contribution is -2.13. The highest BCUT2D eigenvalue weighted by atomic mass is 16.6. The van der Waals surface area contributed by atoms with Crippen molar-refractivity contribution in [2.45, 2.75) is 6.61 Å². The first-order chi connectivity index (χ1) is 18.2. The van der Waals surface area contributed by atoms with Crippen LogP contribution in [0.15, 0.2) is 108 Å². The van der Waals surface area contributed by atoms with Gasteiger partial charge in [0, 0.05) is 16.6 Å². The Bertz CT molecular complexity index is 1660. The third-order valence-corrected chi connectivity index (χ3v) is 5.96. The Kier molecular flexibility index (Phi) is 5.88. The second-order valence-corrected chi connectivity index (χ2v) is 8.39. The number of H-pyrrole nitrogens is 1. The maximum absolute atomic E-state index is 12.6. The molecule has 2 heterocycles. The molecule has 6 rings (SSSR count). The van der Waals surface area contributed by atoms with E-state index in [0.29, 0.717) is 17.3 Å². The van der Waals surface area contributed by atoms with Crippen LogP contribution in [0.5, 0.6) is 0 Å². The molecule has 6 aromatic rings. The van der Waals surface area contributed by atoms with Crippen molar-refractivity contribution < 1.29 is 13.9 Å². The van der Waals surface area contributed by atoms with Crippen molar-refractivity contribution in [1.82, 2.24) is 20.6 Å². The number of carbonyl (C=O) groups is 1. The molecule has 0 fully saturated rings. The molecule has 4 aromatic carbocycles. The highest BCUT2D eigenvalue weighted by molar-refractivity contribution is 5.89. The Morgan fingerprint density at radius 2 is 1.59 bits per heavy atom. The summed E-state index contributed by atoms with van der Waals surface area (Å²) in [5, 5.41) is 18.1. The van der Waals surface area contributed by atoms with Gasteiger partial charge in [0.15, 0.2) is 6.61 Å². The fraction of sp³-hybridized carbons (Fsp3) is 0.0345. The standard InChI is InChI=1S/C29H21N5O3/c35-29(36-18-24-16-22-15-21(11-14-27(22)37-24)19-7-3-1-4-8-19)30-23-12-13-25(20-9-5-2-6-10-20)26(17-23)28-31-33-34-32-28/h1-17H,18H2,(H,30,35)(H,31,32,33,34). The number of nitrogens with zero attached hydrogens (tertiary/aromatic N) is 3. The van der Waals surface area contributed by atoms with Crippen molar-refractivity contribution in [2.75, 3.05) is 5.32 Å². The Labute approximate surface area is 211 Å². The molecule has 0 saturated carbocycles. The van der Waals surface area contributed by atoms with Crippen LogP contribution in [-0.2, 0) is 11.3 Å². The van der Waals surface area contributed by atoms with Crippen LogP contribution in [0.1, 0.15) is 5.76 Å². The van der Waals surface area contributed by atoms with E-state index in [4.69, 9.17) is 9.15 Å². The third-order valence-electron chi connectivity index (χ3n) is 5.96. The van der Waals surface area contributed by atoms with Gasteiger partial charge in [-0.15, -0.1) is 10.2 Å². The van der Waals surface area contributed by atoms with Crippen molar-refractivity contribution in [1.29, 1.82) is 0 Å². The number of aromatic nitrogens is 4. The normalized spacial score (nSPS) is 10.9. The molecular weight excluding hydrogens is 466 g/mol. The Morgan fingerprint density at radius 3 is 2.35 bits per heavy atom. The van der Waals surface area contributed by atoms with E-state index in [1.807, 2.05) is 72.8 Å². The molecule has 37 heavy (non-hydrogen) atoms. The summed E-state index contributed by atoms with van der Waals surface area (Å²) in [6.45, 7) is 0.000974. The molecule has 0 unspecified atom stereocenters. The average Bonchev–Trinajstić information content (AvgIpc) is 3.63. The van der Waals surface area contributed by atoms with E-state index in [1.165, 1.54) is 0 Å². The largest absolute Gasteiger partial charge is 0.457 e. The second kappa shape index (κ2) is 9.79. The number of furan rings is 1. The van der Waals surface area contributed by atoms with E-state index in [1.54, 1.807) is 12.1 Å². The van der Waals surface area contributed by atoms with Gasteiger partial charge >= 0.3 is 6.09 Å². The van der Waals surface area contributed by atoms with Crippen LogP contribution in [0.3, 0.4) is 0 Å². The number of hydrogen-bond donors (Lipinski definition) is 2. The fourth-order valence-electron chi connectivity index (χ4n) is 4.22. The van der Waals surface area contributed by atoms with Crippen LogP contribution < -0.4 is 5.32 Å². The second-order valence-electron chi connectivity index (χ2n) is 8.39. The van der Waals surface area contributed by atoms with Crippen LogP contribution in [-0.4, -0.2) is 26.7 Å². The van der Waals surface area contributed by atoms with Crippen LogP contribution in [0.2, 0.25) is 0 Å². The molecular formula is C29H21N5O3. The highest BCUT2D eigenvalue weighted by Crippen LogP contribution is 2.32. The van der Waals surface area contributed by atoms with Gasteiger partial charge < -0.3 is 9.15 Å². The number of benzene rings is 4. The lowest BCUT2D eigenvalue weighted by atomic mass is 9.98. The van der Waals surface area contributed by atoms with E-state index in [9.17, 15) is 4.79 Å². The van der Waals surface area contributed by atoms with Gasteiger partial charge in [-0.05, 0) is 57.8 Å². The van der Waals surface area contributed by atoms with Gasteiger partial charge in [0.1, 0.15) is 11.3 Å². The molecule has 1 amide bonds. The maximum Gasteiger partial charge on any atom is 0.412 e. The van der Waals surface area contributed by atoms with E-state index in [-0.39, 0.29) is 6.61 Å². The van der Waals surface area contributed by atoms with Gasteiger partial charge in [-0.1, -0.05) is 72.8 Å². The molecule has 0 radical (unpaired) electrons. The molecule has 0 atom stereocenters. The molecule has 2 N–H and O–H groups in total. The summed E-state index contributed by atoms with van der Waals surface area (Å²) >= 11 is 0. The van der Waals surface area contributed by atoms with Crippen LogP contribution in [0.25, 0.3) is 44.6 Å². The predicted molar refractivity (Wildman–Crippen MR) is 141 cm³/mol. The molecule has 0 aliphatic heterocycles. The molecule has 8 nitrogen and oxygen atoms in total. The van der Waals surface area contributed by atoms with E-state index >= 15 is 0 Å². The van der Waals surface area contributed by atoms with Crippen molar-refractivity contribution in [3.63, 3.8) is 0 Å². The summed E-state index contributed by atoms with van der Waals surface area (Å²) in [4.78, 5) is 12.6. The lowest BCUT2D eigenvalue weighted by Gasteiger charge is -2.11. The van der Waals surface area contributed by atoms with E-state index in [0.717, 1.165) is 38.8 Å². The quantitative estimate of drug-likeness (QED) is 0.271. The number of tetrazole rings is 1. The first-order valence-electron chi connectivity index (χ1n) is 11.7. The molecule has 0 saturated heterocycles. The summed E-state index contributed by atoms with van der Waals surface area (Å²) in [6.07, 6.45) is -0.600. The topological polar surface area (TPSA) is 106 Å². The first-order valence-corrected chi connectivity index (χ1v) is 11.7. The Balaban J connectivity index is 1.17. The van der Waals surface area contributed by atoms with Gasteiger partial charge in [-0.25, -0.2) is 4.79 Å². The van der Waals surface area contributed by atoms with Gasteiger partial charge in [0.2, 0.25) is 5.82 Å². The summed E-state index contributed by atoms with van der Waals surface area (Å²) in [6, 6.07) is 33.4. The van der Waals surface area contributed by atoms with Gasteiger partial charge in [0.05, 0.1) is 0 Å². The molecule has 0 aliphatic carbocycles. The van der Waals surface area contributed by atoms with Gasteiger partial charge in [-0.3, -0.25) is 5.32 Å². The monoisotopic (exact) mass is 487 g/mol. The van der Waals surface area contributed by atoms with Crippen LogP contribution in [0, 0.1) is 0 Å². The summed E-state index contributed by atoms with van der Waals surface area (Å²) in [7, 11) is 0. The van der Waals surface area contributed by atoms with Crippen molar-refractivity contribution in [3.8, 4) is 33.6 Å². The fourth-order valence-corrected chi connectivity index (χ4v) is 4.22. The summed E-state index contributed by atoms with van der Waals surface area (Å²) < 4.78 is 11.3. The minimum atomic E-state index is -0.600. The number of fused-ring (bicyclic) bond motifs is 1. The summed E-state index contributed by atoms with van der Waals surface area (Å²) in [5.41, 5.74) is 6.14. The number of aromatic amines is 1. The molecule has 0 bridgehead atoms. The van der Waals surface area contributed by atoms with Crippen molar-refractivity contribution >= 4 is 22.7 Å². The molecule has 8 heteroatoms. The number of carbonyl (C=O) groups excluding carboxylic acids is 1. The zero-order valence-corrected chi connectivity index (χ0v) is 19.6. The van der Waals surface area contributed by atoms with E-state index in [2.05, 4.69) is 44.1 Å². The Hall–Kier alpha value is -5.24. The number of hydrogen-bond acceptors (Lipinski definition) is 6. The predicted octanol–water partition coefficient (Wildman–Crippen LogP) is 6.70. The zero-order chi connectivity index (χ0) is 25.0. The molecule has 180 valence electrons. The van der Waals surface area contributed by atoms with Crippen LogP contribution >= 0.6 is 0 Å². The first kappa shape index (κ1) is 22.2. The zero-order valence-electron chi connectivity index (χ0n) is 19.6. The van der Waals surface area contributed by atoms with Crippen molar-refractivity contribution in [3.05, 3.63) is 109 Å². The number of ether oxygens (including phenoxy) is 1. The summed E-state index contributed by atoms with van der Waals surface area (Å²) in [5.74, 6) is 0.982. The maximum atomic E-state index is 12.6. The molecule has 0 aliphatic rings. The van der Waals surface area contributed by atoms with Gasteiger partial charge in [0.25, 0.3) is 0 Å². The van der Waals surface area contributed by atoms with Crippen molar-refractivity contribution in [2.24, 2.45) is 0 Å². The van der Waals surface area contributed by atoms with E-state index < -0.39 is 6.09 Å². The lowest BCUT2D eigenvalue weighted by molar-refractivity contribution is 0.147. The number of rotatable bonds is 6. The molecule has 2 aromatic heterocycles. The highest BCUT2D eigenvalue weighted by Gasteiger charge is 2.14. The number of anilines is 1. The smallest absolute Gasteiger partial charge is 0.412 e. The third kappa shape index (κ3) is 4.81. The number of nitrogens with one attached hydrogen (secondary N) is 2.